The molecule has 0 aliphatic heterocycles. The number of hydrogen-bond acceptors (Lipinski definition) is 3. The third-order valence-corrected chi connectivity index (χ3v) is 1.97. The Labute approximate surface area is 71.0 Å². The van der Waals surface area contributed by atoms with Gasteiger partial charge in [0.1, 0.15) is 0 Å². The maximum absolute atomic E-state index is 11.9. The van der Waals surface area contributed by atoms with E-state index in [0.29, 0.717) is 17.9 Å². The zero-order valence-electron chi connectivity index (χ0n) is 6.18. The fourth-order valence-electron chi connectivity index (χ4n) is 0.599. The first-order chi connectivity index (χ1) is 5.54. The molecule has 12 heavy (non-hydrogen) atoms. The topological polar surface area (TPSA) is 22.1 Å². The summed E-state index contributed by atoms with van der Waals surface area (Å²) in [6, 6.07) is 0. The number of rotatable bonds is 2. The number of alkyl halides is 3. The summed E-state index contributed by atoms with van der Waals surface area (Å²) >= 11 is 0.506. The second kappa shape index (κ2) is 3.30. The van der Waals surface area contributed by atoms with Crippen LogP contribution in [-0.2, 0) is 6.18 Å². The molecule has 1 aromatic rings. The molecule has 6 heteroatoms. The lowest BCUT2D eigenvalue weighted by Gasteiger charge is -1.99. The molecule has 0 amide bonds. The van der Waals surface area contributed by atoms with Gasteiger partial charge in [-0.3, -0.25) is 0 Å². The highest BCUT2D eigenvalue weighted by molar-refractivity contribution is 7.13. The van der Waals surface area contributed by atoms with Crippen LogP contribution in [0.25, 0.3) is 0 Å². The highest BCUT2D eigenvalue weighted by Crippen LogP contribution is 2.35. The molecule has 0 atom stereocenters. The van der Waals surface area contributed by atoms with Crippen molar-refractivity contribution >= 4 is 11.3 Å². The van der Waals surface area contributed by atoms with Gasteiger partial charge in [0.15, 0.2) is 5.06 Å². The van der Waals surface area contributed by atoms with E-state index in [1.807, 2.05) is 0 Å². The second-order valence-corrected chi connectivity index (χ2v) is 2.91. The number of aromatic nitrogens is 1. The Morgan fingerprint density at radius 1 is 1.58 bits per heavy atom. The fraction of sp³-hybridized carbons (Fsp3) is 0.500. The van der Waals surface area contributed by atoms with E-state index in [0.717, 1.165) is 6.20 Å². The van der Waals surface area contributed by atoms with Gasteiger partial charge in [-0.2, -0.15) is 13.2 Å². The Bertz CT molecular complexity index is 258. The van der Waals surface area contributed by atoms with Gasteiger partial charge in [-0.15, -0.1) is 0 Å². The molecule has 0 fully saturated rings. The highest BCUT2D eigenvalue weighted by atomic mass is 32.1. The van der Waals surface area contributed by atoms with Crippen LogP contribution in [0.1, 0.15) is 11.9 Å². The molecule has 1 heterocycles. The van der Waals surface area contributed by atoms with Crippen molar-refractivity contribution in [3.8, 4) is 5.06 Å². The molecule has 0 saturated heterocycles. The first-order valence-corrected chi connectivity index (χ1v) is 4.01. The minimum atomic E-state index is -4.36. The van der Waals surface area contributed by atoms with Crippen molar-refractivity contribution in [1.82, 2.24) is 4.98 Å². The normalized spacial score (nSPS) is 11.7. The van der Waals surface area contributed by atoms with Crippen LogP contribution >= 0.6 is 11.3 Å². The van der Waals surface area contributed by atoms with Crippen LogP contribution in [0, 0.1) is 0 Å². The van der Waals surface area contributed by atoms with Crippen LogP contribution in [0.3, 0.4) is 0 Å². The van der Waals surface area contributed by atoms with Gasteiger partial charge in [0, 0.05) is 0 Å². The van der Waals surface area contributed by atoms with Crippen LogP contribution in [0.2, 0.25) is 0 Å². The Hall–Kier alpha value is -0.780. The summed E-state index contributed by atoms with van der Waals surface area (Å²) in [7, 11) is 0. The lowest BCUT2D eigenvalue weighted by molar-refractivity contribution is -0.137. The zero-order chi connectivity index (χ0) is 9.19. The quantitative estimate of drug-likeness (QED) is 0.726. The molecule has 0 spiro atoms. The molecule has 0 bridgehead atoms. The third-order valence-electron chi connectivity index (χ3n) is 1.01. The number of nitrogens with zero attached hydrogens (tertiary/aromatic N) is 1. The average molecular weight is 197 g/mol. The molecule has 1 aromatic heterocycles. The summed E-state index contributed by atoms with van der Waals surface area (Å²) in [5.74, 6) is 0. The van der Waals surface area contributed by atoms with Crippen molar-refractivity contribution in [3.63, 3.8) is 0 Å². The summed E-state index contributed by atoms with van der Waals surface area (Å²) < 4.78 is 40.6. The Balaban J connectivity index is 2.77. The summed E-state index contributed by atoms with van der Waals surface area (Å²) in [5, 5.41) is -0.671. The second-order valence-electron chi connectivity index (χ2n) is 1.92. The van der Waals surface area contributed by atoms with Crippen LogP contribution in [0.5, 0.6) is 5.06 Å². The molecular weight excluding hydrogens is 191 g/mol. The van der Waals surface area contributed by atoms with Crippen LogP contribution in [-0.4, -0.2) is 11.6 Å². The van der Waals surface area contributed by atoms with Crippen molar-refractivity contribution in [2.75, 3.05) is 6.61 Å². The van der Waals surface area contributed by atoms with Gasteiger partial charge in [-0.1, -0.05) is 11.3 Å². The maximum atomic E-state index is 11.9. The fourth-order valence-corrected chi connectivity index (χ4v) is 1.29. The molecule has 0 aliphatic rings. The maximum Gasteiger partial charge on any atom is 0.443 e. The Kier molecular flexibility index (Phi) is 2.56. The average Bonchev–Trinajstić information content (AvgIpc) is 2.35. The van der Waals surface area contributed by atoms with Gasteiger partial charge in [0.2, 0.25) is 5.01 Å². The van der Waals surface area contributed by atoms with E-state index < -0.39 is 11.2 Å². The number of hydrogen-bond donors (Lipinski definition) is 0. The molecule has 2 nitrogen and oxygen atoms in total. The van der Waals surface area contributed by atoms with E-state index in [9.17, 15) is 13.2 Å². The minimum Gasteiger partial charge on any atom is -0.483 e. The molecule has 0 radical (unpaired) electrons. The van der Waals surface area contributed by atoms with Gasteiger partial charge in [0.05, 0.1) is 12.8 Å². The van der Waals surface area contributed by atoms with E-state index in [-0.39, 0.29) is 5.06 Å². The lowest BCUT2D eigenvalue weighted by atomic mass is 10.7. The Morgan fingerprint density at radius 3 is 2.67 bits per heavy atom. The van der Waals surface area contributed by atoms with Crippen LogP contribution < -0.4 is 4.74 Å². The summed E-state index contributed by atoms with van der Waals surface area (Å²) in [6.07, 6.45) is -3.28. The molecule has 1 rings (SSSR count). The monoisotopic (exact) mass is 197 g/mol. The zero-order valence-corrected chi connectivity index (χ0v) is 7.00. The van der Waals surface area contributed by atoms with E-state index >= 15 is 0 Å². The number of ether oxygens (including phenoxy) is 1. The molecule has 0 aliphatic carbocycles. The van der Waals surface area contributed by atoms with E-state index in [1.54, 1.807) is 6.92 Å². The standard InChI is InChI=1S/C6H6F3NOS/c1-2-11-4-3-10-5(12-4)6(7,8)9/h3H,2H2,1H3. The van der Waals surface area contributed by atoms with E-state index in [2.05, 4.69) is 4.98 Å². The summed E-state index contributed by atoms with van der Waals surface area (Å²) in [6.45, 7) is 2.05. The van der Waals surface area contributed by atoms with Crippen molar-refractivity contribution in [3.05, 3.63) is 11.2 Å². The third kappa shape index (κ3) is 2.10. The van der Waals surface area contributed by atoms with Crippen molar-refractivity contribution in [2.45, 2.75) is 13.1 Å². The van der Waals surface area contributed by atoms with E-state index in [1.165, 1.54) is 0 Å². The Morgan fingerprint density at radius 2 is 2.25 bits per heavy atom. The number of halogens is 3. The van der Waals surface area contributed by atoms with Crippen molar-refractivity contribution < 1.29 is 17.9 Å². The van der Waals surface area contributed by atoms with E-state index in [4.69, 9.17) is 4.74 Å². The predicted molar refractivity (Wildman–Crippen MR) is 38.3 cm³/mol. The van der Waals surface area contributed by atoms with Crippen molar-refractivity contribution in [1.29, 1.82) is 0 Å². The SMILES string of the molecule is CCOc1cnc(C(F)(F)F)s1. The predicted octanol–water partition coefficient (Wildman–Crippen LogP) is 2.56. The molecule has 0 N–H and O–H groups in total. The van der Waals surface area contributed by atoms with Gasteiger partial charge in [0.25, 0.3) is 0 Å². The molecule has 68 valence electrons. The largest absolute Gasteiger partial charge is 0.483 e. The van der Waals surface area contributed by atoms with Crippen LogP contribution in [0.4, 0.5) is 13.2 Å². The van der Waals surface area contributed by atoms with Gasteiger partial charge >= 0.3 is 6.18 Å². The molecule has 0 aromatic carbocycles. The molecular formula is C6H6F3NOS. The van der Waals surface area contributed by atoms with Gasteiger partial charge in [-0.05, 0) is 6.92 Å². The van der Waals surface area contributed by atoms with Crippen molar-refractivity contribution in [2.24, 2.45) is 0 Å². The molecule has 0 saturated carbocycles. The van der Waals surface area contributed by atoms with Gasteiger partial charge < -0.3 is 4.74 Å². The summed E-state index contributed by atoms with van der Waals surface area (Å²) in [4.78, 5) is 3.17. The summed E-state index contributed by atoms with van der Waals surface area (Å²) in [5.41, 5.74) is 0. The smallest absolute Gasteiger partial charge is 0.443 e. The highest BCUT2D eigenvalue weighted by Gasteiger charge is 2.34. The number of thiazole rings is 1. The van der Waals surface area contributed by atoms with Gasteiger partial charge in [-0.25, -0.2) is 4.98 Å². The lowest BCUT2D eigenvalue weighted by Crippen LogP contribution is -2.02. The van der Waals surface area contributed by atoms with Crippen LogP contribution in [0.15, 0.2) is 6.20 Å². The first-order valence-electron chi connectivity index (χ1n) is 3.20. The first kappa shape index (κ1) is 9.31. The minimum absolute atomic E-state index is 0.199. The molecule has 0 unspecified atom stereocenters.